The lowest BCUT2D eigenvalue weighted by Crippen LogP contribution is -2.26. The molecule has 0 aromatic heterocycles. The van der Waals surface area contributed by atoms with E-state index in [9.17, 15) is 4.79 Å². The first-order valence-electron chi connectivity index (χ1n) is 7.31. The zero-order valence-corrected chi connectivity index (χ0v) is 11.9. The largest absolute Gasteiger partial charge is 0.459 e. The van der Waals surface area contributed by atoms with Crippen LogP contribution in [0.3, 0.4) is 0 Å². The van der Waals surface area contributed by atoms with E-state index >= 15 is 0 Å². The number of benzene rings is 2. The number of hydrogen-bond donors (Lipinski definition) is 1. The first kappa shape index (κ1) is 13.9. The van der Waals surface area contributed by atoms with Gasteiger partial charge in [-0.3, -0.25) is 0 Å². The predicted molar refractivity (Wildman–Crippen MR) is 82.2 cm³/mol. The summed E-state index contributed by atoms with van der Waals surface area (Å²) in [6.07, 6.45) is 3.17. The fourth-order valence-corrected chi connectivity index (χ4v) is 2.62. The summed E-state index contributed by atoms with van der Waals surface area (Å²) in [6.45, 7) is 1.05. The topological polar surface area (TPSA) is 61.6 Å². The molecule has 3 rings (SSSR count). The first-order valence-corrected chi connectivity index (χ1v) is 7.31. The fraction of sp³-hybridized carbons (Fsp3) is 0.353. The standard InChI is InChI=1S/C17H19NO3/c18-16-10-13-6-2-1-5-12(13)9-15(16)17(19)21-11-14-7-3-4-8-20-14/h1-2,5-6,9-10,14H,3-4,7-8,11,18H2. The van der Waals surface area contributed by atoms with Crippen LogP contribution in [0.5, 0.6) is 0 Å². The third-order valence-corrected chi connectivity index (χ3v) is 3.81. The molecular formula is C17H19NO3. The second-order valence-electron chi connectivity index (χ2n) is 5.37. The maximum absolute atomic E-state index is 12.2. The van der Waals surface area contributed by atoms with Crippen molar-refractivity contribution >= 4 is 22.4 Å². The van der Waals surface area contributed by atoms with E-state index in [1.807, 2.05) is 30.3 Å². The molecule has 2 aromatic rings. The summed E-state index contributed by atoms with van der Waals surface area (Å²) in [7, 11) is 0. The first-order chi connectivity index (χ1) is 10.2. The predicted octanol–water partition coefficient (Wildman–Crippen LogP) is 3.15. The fourth-order valence-electron chi connectivity index (χ4n) is 2.62. The van der Waals surface area contributed by atoms with Gasteiger partial charge in [-0.1, -0.05) is 24.3 Å². The molecule has 4 nitrogen and oxygen atoms in total. The van der Waals surface area contributed by atoms with Crippen LogP contribution in [-0.4, -0.2) is 25.3 Å². The minimum atomic E-state index is -0.382. The van der Waals surface area contributed by atoms with Crippen LogP contribution in [-0.2, 0) is 9.47 Å². The minimum Gasteiger partial charge on any atom is -0.459 e. The molecule has 1 aliphatic rings. The van der Waals surface area contributed by atoms with Crippen molar-refractivity contribution in [2.45, 2.75) is 25.4 Å². The number of anilines is 1. The van der Waals surface area contributed by atoms with Crippen molar-refractivity contribution in [2.24, 2.45) is 0 Å². The number of esters is 1. The Morgan fingerprint density at radius 3 is 2.71 bits per heavy atom. The van der Waals surface area contributed by atoms with Crippen LogP contribution in [0.2, 0.25) is 0 Å². The molecule has 0 spiro atoms. The number of nitrogens with two attached hydrogens (primary N) is 1. The quantitative estimate of drug-likeness (QED) is 0.695. The zero-order valence-electron chi connectivity index (χ0n) is 11.9. The molecule has 1 saturated heterocycles. The molecule has 110 valence electrons. The van der Waals surface area contributed by atoms with Crippen molar-refractivity contribution < 1.29 is 14.3 Å². The summed E-state index contributed by atoms with van der Waals surface area (Å²) in [5.41, 5.74) is 6.83. The van der Waals surface area contributed by atoms with Crippen LogP contribution in [0.1, 0.15) is 29.6 Å². The van der Waals surface area contributed by atoms with Gasteiger partial charge in [0.1, 0.15) is 6.61 Å². The number of carbonyl (C=O) groups excluding carboxylic acids is 1. The Labute approximate surface area is 123 Å². The maximum Gasteiger partial charge on any atom is 0.340 e. The summed E-state index contributed by atoms with van der Waals surface area (Å²) in [5.74, 6) is -0.382. The lowest BCUT2D eigenvalue weighted by Gasteiger charge is -2.22. The van der Waals surface area contributed by atoms with Gasteiger partial charge in [-0.15, -0.1) is 0 Å². The van der Waals surface area contributed by atoms with Crippen LogP contribution in [0.4, 0.5) is 5.69 Å². The lowest BCUT2D eigenvalue weighted by molar-refractivity contribution is -0.0299. The van der Waals surface area contributed by atoms with Gasteiger partial charge in [0.25, 0.3) is 0 Å². The molecule has 0 radical (unpaired) electrons. The van der Waals surface area contributed by atoms with E-state index in [4.69, 9.17) is 15.2 Å². The summed E-state index contributed by atoms with van der Waals surface area (Å²) in [6, 6.07) is 11.4. The van der Waals surface area contributed by atoms with Gasteiger partial charge in [-0.2, -0.15) is 0 Å². The average molecular weight is 285 g/mol. The lowest BCUT2D eigenvalue weighted by atomic mass is 10.1. The molecule has 0 bridgehead atoms. The molecule has 2 aromatic carbocycles. The Balaban J connectivity index is 1.73. The van der Waals surface area contributed by atoms with E-state index in [0.29, 0.717) is 17.9 Å². The molecule has 4 heteroatoms. The molecule has 1 unspecified atom stereocenters. The van der Waals surface area contributed by atoms with Crippen LogP contribution >= 0.6 is 0 Å². The van der Waals surface area contributed by atoms with E-state index in [1.165, 1.54) is 0 Å². The highest BCUT2D eigenvalue weighted by Gasteiger charge is 2.18. The highest BCUT2D eigenvalue weighted by Crippen LogP contribution is 2.23. The molecule has 2 N–H and O–H groups in total. The molecule has 21 heavy (non-hydrogen) atoms. The van der Waals surface area contributed by atoms with Crippen molar-refractivity contribution in [1.82, 2.24) is 0 Å². The third-order valence-electron chi connectivity index (χ3n) is 3.81. The number of nitrogen functional groups attached to an aromatic ring is 1. The highest BCUT2D eigenvalue weighted by atomic mass is 16.6. The molecule has 0 aliphatic carbocycles. The summed E-state index contributed by atoms with van der Waals surface area (Å²) in [5, 5.41) is 2.00. The molecule has 0 saturated carbocycles. The van der Waals surface area contributed by atoms with E-state index in [-0.39, 0.29) is 12.1 Å². The summed E-state index contributed by atoms with van der Waals surface area (Å²) < 4.78 is 10.9. The molecule has 1 heterocycles. The molecule has 0 amide bonds. The van der Waals surface area contributed by atoms with Crippen LogP contribution in [0.25, 0.3) is 10.8 Å². The smallest absolute Gasteiger partial charge is 0.340 e. The minimum absolute atomic E-state index is 0.0179. The number of fused-ring (bicyclic) bond motifs is 1. The van der Waals surface area contributed by atoms with Gasteiger partial charge in [0.15, 0.2) is 0 Å². The second kappa shape index (κ2) is 6.14. The number of hydrogen-bond acceptors (Lipinski definition) is 4. The van der Waals surface area contributed by atoms with Gasteiger partial charge in [-0.25, -0.2) is 4.79 Å². The van der Waals surface area contributed by atoms with Gasteiger partial charge < -0.3 is 15.2 Å². The van der Waals surface area contributed by atoms with E-state index in [0.717, 1.165) is 36.6 Å². The Kier molecular flexibility index (Phi) is 4.06. The summed E-state index contributed by atoms with van der Waals surface area (Å²) in [4.78, 5) is 12.2. The van der Waals surface area contributed by atoms with E-state index in [2.05, 4.69) is 0 Å². The van der Waals surface area contributed by atoms with Crippen LogP contribution in [0, 0.1) is 0 Å². The van der Waals surface area contributed by atoms with Gasteiger partial charge >= 0.3 is 5.97 Å². The third kappa shape index (κ3) is 3.16. The Morgan fingerprint density at radius 1 is 1.24 bits per heavy atom. The number of ether oxygens (including phenoxy) is 2. The SMILES string of the molecule is Nc1cc2ccccc2cc1C(=O)OCC1CCCCO1. The number of carbonyl (C=O) groups is 1. The Hall–Kier alpha value is -2.07. The van der Waals surface area contributed by atoms with E-state index < -0.39 is 0 Å². The van der Waals surface area contributed by atoms with Gasteiger partial charge in [0.05, 0.1) is 11.7 Å². The molecular weight excluding hydrogens is 266 g/mol. The molecule has 1 aliphatic heterocycles. The zero-order chi connectivity index (χ0) is 14.7. The van der Waals surface area contributed by atoms with Crippen molar-refractivity contribution in [3.05, 3.63) is 42.0 Å². The normalized spacial score (nSPS) is 18.6. The van der Waals surface area contributed by atoms with Crippen LogP contribution in [0.15, 0.2) is 36.4 Å². The second-order valence-corrected chi connectivity index (χ2v) is 5.37. The van der Waals surface area contributed by atoms with Gasteiger partial charge in [0, 0.05) is 12.3 Å². The number of rotatable bonds is 3. The Bertz CT molecular complexity index is 648. The summed E-state index contributed by atoms with van der Waals surface area (Å²) >= 11 is 0. The van der Waals surface area contributed by atoms with Crippen LogP contribution < -0.4 is 5.73 Å². The van der Waals surface area contributed by atoms with Crippen molar-refractivity contribution in [3.8, 4) is 0 Å². The highest BCUT2D eigenvalue weighted by molar-refractivity contribution is 6.01. The van der Waals surface area contributed by atoms with Crippen molar-refractivity contribution in [3.63, 3.8) is 0 Å². The van der Waals surface area contributed by atoms with E-state index in [1.54, 1.807) is 6.07 Å². The van der Waals surface area contributed by atoms with Crippen molar-refractivity contribution in [1.29, 1.82) is 0 Å². The average Bonchev–Trinajstić information content (AvgIpc) is 2.53. The Morgan fingerprint density at radius 2 is 2.00 bits per heavy atom. The molecule has 1 atom stereocenters. The van der Waals surface area contributed by atoms with Crippen molar-refractivity contribution in [2.75, 3.05) is 18.9 Å². The monoisotopic (exact) mass is 285 g/mol. The molecule has 1 fully saturated rings. The van der Waals surface area contributed by atoms with Gasteiger partial charge in [0.2, 0.25) is 0 Å². The van der Waals surface area contributed by atoms with Gasteiger partial charge in [-0.05, 0) is 42.2 Å². The maximum atomic E-state index is 12.2.